The summed E-state index contributed by atoms with van der Waals surface area (Å²) in [5, 5.41) is 0. The van der Waals surface area contributed by atoms with E-state index in [4.69, 9.17) is 0 Å². The monoisotopic (exact) mass is 334 g/mol. The van der Waals surface area contributed by atoms with Crippen LogP contribution in [0.4, 0.5) is 32.0 Å². The number of alkyl halides is 6. The second-order valence-corrected chi connectivity index (χ2v) is 4.95. The van der Waals surface area contributed by atoms with E-state index in [-0.39, 0.29) is 12.2 Å². The van der Waals surface area contributed by atoms with Gasteiger partial charge < -0.3 is 4.90 Å². The Hall–Kier alpha value is -2.25. The van der Waals surface area contributed by atoms with Crippen LogP contribution < -0.4 is 4.90 Å². The summed E-state index contributed by atoms with van der Waals surface area (Å²) in [6.45, 7) is 0.166. The predicted molar refractivity (Wildman–Crippen MR) is 72.8 cm³/mol. The third-order valence-corrected chi connectivity index (χ3v) is 3.18. The molecule has 0 N–H and O–H groups in total. The molecule has 0 bridgehead atoms. The van der Waals surface area contributed by atoms with Gasteiger partial charge in [-0.3, -0.25) is 4.98 Å². The van der Waals surface area contributed by atoms with E-state index in [1.807, 2.05) is 0 Å². The van der Waals surface area contributed by atoms with E-state index < -0.39 is 23.6 Å². The van der Waals surface area contributed by atoms with Crippen molar-refractivity contribution in [2.45, 2.75) is 18.9 Å². The zero-order valence-corrected chi connectivity index (χ0v) is 11.9. The quantitative estimate of drug-likeness (QED) is 0.753. The maximum absolute atomic E-state index is 12.6. The molecule has 0 aliphatic carbocycles. The van der Waals surface area contributed by atoms with Crippen molar-refractivity contribution >= 4 is 5.69 Å². The molecule has 0 saturated heterocycles. The van der Waals surface area contributed by atoms with Gasteiger partial charge in [-0.2, -0.15) is 26.3 Å². The summed E-state index contributed by atoms with van der Waals surface area (Å²) in [5.74, 6) is 0. The first-order valence-corrected chi connectivity index (χ1v) is 6.48. The van der Waals surface area contributed by atoms with Crippen molar-refractivity contribution in [3.63, 3.8) is 0 Å². The Morgan fingerprint density at radius 2 is 1.52 bits per heavy atom. The largest absolute Gasteiger partial charge is 0.433 e. The first-order chi connectivity index (χ1) is 10.6. The molecule has 2 nitrogen and oxygen atoms in total. The van der Waals surface area contributed by atoms with Crippen LogP contribution in [0.15, 0.2) is 42.6 Å². The third-order valence-electron chi connectivity index (χ3n) is 3.18. The van der Waals surface area contributed by atoms with Crippen LogP contribution >= 0.6 is 0 Å². The van der Waals surface area contributed by atoms with Crippen LogP contribution in [-0.2, 0) is 18.9 Å². The zero-order chi connectivity index (χ0) is 17.3. The van der Waals surface area contributed by atoms with Gasteiger partial charge in [0.2, 0.25) is 0 Å². The van der Waals surface area contributed by atoms with E-state index in [9.17, 15) is 26.3 Å². The fourth-order valence-corrected chi connectivity index (χ4v) is 1.98. The Labute approximate surface area is 128 Å². The molecule has 0 aliphatic heterocycles. The van der Waals surface area contributed by atoms with Crippen LogP contribution in [0.5, 0.6) is 0 Å². The lowest BCUT2D eigenvalue weighted by atomic mass is 10.1. The van der Waals surface area contributed by atoms with E-state index in [1.54, 1.807) is 7.05 Å². The van der Waals surface area contributed by atoms with Crippen LogP contribution in [0.2, 0.25) is 0 Å². The van der Waals surface area contributed by atoms with Crippen molar-refractivity contribution in [2.75, 3.05) is 11.9 Å². The van der Waals surface area contributed by atoms with E-state index >= 15 is 0 Å². The summed E-state index contributed by atoms with van der Waals surface area (Å²) in [4.78, 5) is 4.76. The minimum atomic E-state index is -4.55. The van der Waals surface area contributed by atoms with Crippen molar-refractivity contribution in [1.29, 1.82) is 0 Å². The molecule has 124 valence electrons. The van der Waals surface area contributed by atoms with Gasteiger partial charge in [-0.1, -0.05) is 12.1 Å². The zero-order valence-electron chi connectivity index (χ0n) is 11.9. The molecule has 0 fully saturated rings. The summed E-state index contributed by atoms with van der Waals surface area (Å²) < 4.78 is 75.3. The molecule has 1 aromatic carbocycles. The lowest BCUT2D eigenvalue weighted by Crippen LogP contribution is -2.18. The summed E-state index contributed by atoms with van der Waals surface area (Å²) in [7, 11) is 1.55. The number of rotatable bonds is 3. The maximum atomic E-state index is 12.6. The average Bonchev–Trinajstić information content (AvgIpc) is 2.46. The maximum Gasteiger partial charge on any atom is 0.433 e. The number of anilines is 1. The molecule has 0 saturated carbocycles. The van der Waals surface area contributed by atoms with Crippen molar-refractivity contribution in [3.8, 4) is 0 Å². The van der Waals surface area contributed by atoms with Gasteiger partial charge in [-0.15, -0.1) is 0 Å². The molecular weight excluding hydrogens is 322 g/mol. The van der Waals surface area contributed by atoms with Crippen LogP contribution in [0.3, 0.4) is 0 Å². The van der Waals surface area contributed by atoms with Gasteiger partial charge in [-0.05, 0) is 29.8 Å². The van der Waals surface area contributed by atoms with E-state index in [1.165, 1.54) is 23.1 Å². The minimum absolute atomic E-state index is 0.166. The number of halogens is 6. The van der Waals surface area contributed by atoms with Crippen molar-refractivity contribution < 1.29 is 26.3 Å². The first kappa shape index (κ1) is 17.1. The molecule has 23 heavy (non-hydrogen) atoms. The van der Waals surface area contributed by atoms with Gasteiger partial charge in [0.25, 0.3) is 0 Å². The molecule has 2 aromatic rings. The van der Waals surface area contributed by atoms with Gasteiger partial charge in [0.15, 0.2) is 0 Å². The summed E-state index contributed by atoms with van der Waals surface area (Å²) in [6, 6.07) is 6.77. The summed E-state index contributed by atoms with van der Waals surface area (Å²) in [5.41, 5.74) is -0.973. The number of hydrogen-bond donors (Lipinski definition) is 0. The molecule has 2 rings (SSSR count). The highest BCUT2D eigenvalue weighted by Gasteiger charge is 2.33. The SMILES string of the molecule is CN(Cc1ccc(C(F)(F)F)cc1)c1ccnc(C(F)(F)F)c1. The molecule has 0 spiro atoms. The fourth-order valence-electron chi connectivity index (χ4n) is 1.98. The number of aromatic nitrogens is 1. The minimum Gasteiger partial charge on any atom is -0.370 e. The molecule has 0 atom stereocenters. The molecule has 0 unspecified atom stereocenters. The van der Waals surface area contributed by atoms with E-state index in [0.717, 1.165) is 24.4 Å². The highest BCUT2D eigenvalue weighted by Crippen LogP contribution is 2.31. The van der Waals surface area contributed by atoms with Gasteiger partial charge >= 0.3 is 12.4 Å². The van der Waals surface area contributed by atoms with Crippen molar-refractivity contribution in [1.82, 2.24) is 4.98 Å². The first-order valence-electron chi connectivity index (χ1n) is 6.48. The van der Waals surface area contributed by atoms with Crippen LogP contribution in [0.1, 0.15) is 16.8 Å². The van der Waals surface area contributed by atoms with Gasteiger partial charge in [-0.25, -0.2) is 0 Å². The molecule has 8 heteroatoms. The van der Waals surface area contributed by atoms with Crippen LogP contribution in [-0.4, -0.2) is 12.0 Å². The van der Waals surface area contributed by atoms with Crippen molar-refractivity contribution in [2.24, 2.45) is 0 Å². The Morgan fingerprint density at radius 3 is 2.04 bits per heavy atom. The van der Waals surface area contributed by atoms with E-state index in [0.29, 0.717) is 5.56 Å². The highest BCUT2D eigenvalue weighted by molar-refractivity contribution is 5.47. The molecule has 1 heterocycles. The number of hydrogen-bond acceptors (Lipinski definition) is 2. The Bertz CT molecular complexity index is 661. The molecule has 0 aliphatic rings. The number of benzene rings is 1. The third kappa shape index (κ3) is 4.37. The van der Waals surface area contributed by atoms with Crippen molar-refractivity contribution in [3.05, 3.63) is 59.4 Å². The number of pyridine rings is 1. The highest BCUT2D eigenvalue weighted by atomic mass is 19.4. The summed E-state index contributed by atoms with van der Waals surface area (Å²) >= 11 is 0. The molecule has 1 aromatic heterocycles. The van der Waals surface area contributed by atoms with Crippen LogP contribution in [0.25, 0.3) is 0 Å². The van der Waals surface area contributed by atoms with Gasteiger partial charge in [0.1, 0.15) is 5.69 Å². The number of nitrogens with zero attached hydrogens (tertiary/aromatic N) is 2. The smallest absolute Gasteiger partial charge is 0.370 e. The van der Waals surface area contributed by atoms with E-state index in [2.05, 4.69) is 4.98 Å². The predicted octanol–water partition coefficient (Wildman–Crippen LogP) is 4.76. The normalized spacial score (nSPS) is 12.3. The Balaban J connectivity index is 2.14. The summed E-state index contributed by atoms with van der Waals surface area (Å²) in [6.07, 6.45) is -7.93. The van der Waals surface area contributed by atoms with Crippen LogP contribution in [0, 0.1) is 0 Å². The average molecular weight is 334 g/mol. The molecule has 0 radical (unpaired) electrons. The standard InChI is InChI=1S/C15H12F6N2/c1-23(12-6-7-22-13(8-12)15(19,20)21)9-10-2-4-11(5-3-10)14(16,17)18/h2-8H,9H2,1H3. The lowest BCUT2D eigenvalue weighted by molar-refractivity contribution is -0.141. The lowest BCUT2D eigenvalue weighted by Gasteiger charge is -2.20. The van der Waals surface area contributed by atoms with Gasteiger partial charge in [0.05, 0.1) is 5.56 Å². The Morgan fingerprint density at radius 1 is 0.913 bits per heavy atom. The fraction of sp³-hybridized carbons (Fsp3) is 0.267. The molecule has 0 amide bonds. The van der Waals surface area contributed by atoms with Gasteiger partial charge in [0, 0.05) is 25.5 Å². The Kier molecular flexibility index (Phi) is 4.53. The second-order valence-electron chi connectivity index (χ2n) is 4.95. The second kappa shape index (κ2) is 6.10. The molecular formula is C15H12F6N2. The topological polar surface area (TPSA) is 16.1 Å².